The van der Waals surface area contributed by atoms with Crippen molar-refractivity contribution in [1.29, 1.82) is 0 Å². The third kappa shape index (κ3) is 4.48. The number of benzene rings is 4. The van der Waals surface area contributed by atoms with Gasteiger partial charge in [-0.25, -0.2) is 4.99 Å². The van der Waals surface area contributed by atoms with Gasteiger partial charge in [0.1, 0.15) is 5.84 Å². The van der Waals surface area contributed by atoms with Gasteiger partial charge in [0.05, 0.1) is 16.7 Å². The number of allylic oxidation sites excluding steroid dienone is 5. The van der Waals surface area contributed by atoms with Crippen molar-refractivity contribution >= 4 is 38.9 Å². The lowest BCUT2D eigenvalue weighted by atomic mass is 9.77. The molecule has 1 aromatic heterocycles. The van der Waals surface area contributed by atoms with E-state index < -0.39 is 0 Å². The molecule has 5 aromatic rings. The van der Waals surface area contributed by atoms with E-state index in [0.717, 1.165) is 28.1 Å². The molecule has 2 nitrogen and oxygen atoms in total. The Balaban J connectivity index is 1.90. The highest BCUT2D eigenvalue weighted by Gasteiger charge is 2.33. The monoisotopic (exact) mass is 534 g/mol. The Morgan fingerprint density at radius 2 is 1.20 bits per heavy atom. The number of aliphatic imine (C=N–C) groups is 1. The van der Waals surface area contributed by atoms with Gasteiger partial charge in [-0.05, 0) is 45.2 Å². The van der Waals surface area contributed by atoms with E-state index in [0.29, 0.717) is 0 Å². The van der Waals surface area contributed by atoms with Crippen molar-refractivity contribution in [2.75, 3.05) is 0 Å². The molecule has 2 heterocycles. The molecule has 204 valence electrons. The molecule has 41 heavy (non-hydrogen) atoms. The molecule has 0 radical (unpaired) electrons. The summed E-state index contributed by atoms with van der Waals surface area (Å²) in [5, 5.41) is 2.46. The van der Waals surface area contributed by atoms with Crippen LogP contribution >= 0.6 is 0 Å². The van der Waals surface area contributed by atoms with Crippen molar-refractivity contribution < 1.29 is 0 Å². The number of para-hydroxylation sites is 3. The zero-order valence-electron chi connectivity index (χ0n) is 25.0. The zero-order chi connectivity index (χ0) is 28.9. The van der Waals surface area contributed by atoms with Crippen molar-refractivity contribution in [3.05, 3.63) is 133 Å². The summed E-state index contributed by atoms with van der Waals surface area (Å²) < 4.78 is 2.39. The van der Waals surface area contributed by atoms with Gasteiger partial charge in [-0.2, -0.15) is 0 Å². The molecule has 0 fully saturated rings. The van der Waals surface area contributed by atoms with E-state index in [1.165, 1.54) is 38.6 Å². The van der Waals surface area contributed by atoms with Crippen LogP contribution in [-0.4, -0.2) is 10.4 Å². The van der Waals surface area contributed by atoms with Crippen molar-refractivity contribution in [2.45, 2.75) is 47.0 Å². The van der Waals surface area contributed by atoms with Gasteiger partial charge in [0.2, 0.25) is 0 Å². The van der Waals surface area contributed by atoms with Crippen molar-refractivity contribution in [1.82, 2.24) is 4.57 Å². The summed E-state index contributed by atoms with van der Waals surface area (Å²) in [6, 6.07) is 32.8. The summed E-state index contributed by atoms with van der Waals surface area (Å²) in [5.41, 5.74) is 10.2. The maximum absolute atomic E-state index is 5.78. The van der Waals surface area contributed by atoms with E-state index >= 15 is 0 Å². The number of aromatic nitrogens is 1. The summed E-state index contributed by atoms with van der Waals surface area (Å²) in [6.45, 7) is 17.7. The van der Waals surface area contributed by atoms with E-state index in [-0.39, 0.29) is 10.8 Å². The lowest BCUT2D eigenvalue weighted by Gasteiger charge is -2.32. The predicted octanol–water partition coefficient (Wildman–Crippen LogP) is 10.9. The van der Waals surface area contributed by atoms with Gasteiger partial charge < -0.3 is 0 Å². The van der Waals surface area contributed by atoms with E-state index in [2.05, 4.69) is 156 Å². The number of hydrogen-bond acceptors (Lipinski definition) is 1. The van der Waals surface area contributed by atoms with Gasteiger partial charge in [-0.1, -0.05) is 145 Å². The highest BCUT2D eigenvalue weighted by atomic mass is 15.1. The second-order valence-corrected chi connectivity index (χ2v) is 12.9. The first-order chi connectivity index (χ1) is 19.6. The normalized spacial score (nSPS) is 17.2. The Bertz CT molecular complexity index is 1860. The second-order valence-electron chi connectivity index (χ2n) is 12.9. The molecule has 1 aliphatic heterocycles. The first-order valence-corrected chi connectivity index (χ1v) is 14.5. The number of hydrogen-bond donors (Lipinski definition) is 0. The second kappa shape index (κ2) is 9.89. The molecule has 0 amide bonds. The fourth-order valence-electron chi connectivity index (χ4n) is 6.25. The third-order valence-electron chi connectivity index (χ3n) is 8.00. The van der Waals surface area contributed by atoms with Gasteiger partial charge in [-0.15, -0.1) is 0 Å². The van der Waals surface area contributed by atoms with Crippen molar-refractivity contribution in [3.8, 4) is 11.1 Å². The predicted molar refractivity (Wildman–Crippen MR) is 178 cm³/mol. The van der Waals surface area contributed by atoms with E-state index in [1.54, 1.807) is 0 Å². The van der Waals surface area contributed by atoms with Crippen LogP contribution in [0.1, 0.15) is 52.7 Å². The van der Waals surface area contributed by atoms with Gasteiger partial charge in [0.15, 0.2) is 0 Å². The van der Waals surface area contributed by atoms with Crippen LogP contribution < -0.4 is 0 Å². The van der Waals surface area contributed by atoms with Crippen molar-refractivity contribution in [2.24, 2.45) is 10.4 Å². The lowest BCUT2D eigenvalue weighted by Crippen LogP contribution is -2.26. The maximum atomic E-state index is 5.78. The molecular formula is C39H38N2. The fraction of sp³-hybridized carbons (Fsp3) is 0.205. The Morgan fingerprint density at radius 3 is 1.78 bits per heavy atom. The van der Waals surface area contributed by atoms with E-state index in [1.807, 2.05) is 6.08 Å². The SMILES string of the molecule is C=C\C=C/C1=C(C(C)(C)C)/C(n2c3ccccc3c3ccccc32)=N\c2c(cccc2C(C)(C)C)-c2ccccc21. The Labute approximate surface area is 244 Å². The minimum atomic E-state index is -0.229. The standard InChI is InChI=1S/C39H38N2/c1-8-9-17-30-26-18-10-11-19-27(26)31-22-16-23-32(38(2,3)4)36(31)40-37(35(30)39(5,6)7)41-33-24-14-12-20-28(33)29-21-13-15-25-34(29)41/h8-25H,1H2,2-7H3/b17-9-,30-26?,31-27?,35-30+,37-35?,40-36?,40-37+. The van der Waals surface area contributed by atoms with Gasteiger partial charge in [0.25, 0.3) is 0 Å². The Hall–Kier alpha value is -4.43. The quantitative estimate of drug-likeness (QED) is 0.200. The van der Waals surface area contributed by atoms with Crippen LogP contribution in [0.3, 0.4) is 0 Å². The van der Waals surface area contributed by atoms with E-state index in [9.17, 15) is 0 Å². The lowest BCUT2D eigenvalue weighted by molar-refractivity contribution is 0.524. The topological polar surface area (TPSA) is 17.3 Å². The molecule has 0 N–H and O–H groups in total. The molecule has 2 heteroatoms. The molecule has 0 spiro atoms. The number of nitrogens with zero attached hydrogens (tertiary/aromatic N) is 2. The number of rotatable bonds is 2. The molecule has 0 atom stereocenters. The summed E-state index contributed by atoms with van der Waals surface area (Å²) in [4.78, 5) is 5.78. The highest BCUT2D eigenvalue weighted by Crippen LogP contribution is 2.47. The molecule has 6 rings (SSSR count). The summed E-state index contributed by atoms with van der Waals surface area (Å²) >= 11 is 0. The van der Waals surface area contributed by atoms with Crippen LogP contribution in [0, 0.1) is 5.41 Å². The average Bonchev–Trinajstić information content (AvgIpc) is 3.27. The van der Waals surface area contributed by atoms with Crippen molar-refractivity contribution in [3.63, 3.8) is 0 Å². The number of fused-ring (bicyclic) bond motifs is 6. The average molecular weight is 535 g/mol. The molecular weight excluding hydrogens is 496 g/mol. The Kier molecular flexibility index (Phi) is 6.46. The van der Waals surface area contributed by atoms with Crippen LogP contribution in [0.15, 0.2) is 126 Å². The first-order valence-electron chi connectivity index (χ1n) is 14.5. The summed E-state index contributed by atoms with van der Waals surface area (Å²) in [5.74, 6) is 0.964. The molecule has 0 saturated heterocycles. The minimum Gasteiger partial charge on any atom is -0.294 e. The minimum absolute atomic E-state index is 0.0912. The maximum Gasteiger partial charge on any atom is 0.142 e. The Morgan fingerprint density at radius 1 is 0.634 bits per heavy atom. The molecule has 0 aliphatic carbocycles. The smallest absolute Gasteiger partial charge is 0.142 e. The van der Waals surface area contributed by atoms with Gasteiger partial charge in [-0.3, -0.25) is 4.57 Å². The molecule has 0 bridgehead atoms. The van der Waals surface area contributed by atoms with Gasteiger partial charge >= 0.3 is 0 Å². The largest absolute Gasteiger partial charge is 0.294 e. The van der Waals surface area contributed by atoms with E-state index in [4.69, 9.17) is 4.99 Å². The van der Waals surface area contributed by atoms with Crippen LogP contribution in [0.2, 0.25) is 0 Å². The fourth-order valence-corrected chi connectivity index (χ4v) is 6.25. The highest BCUT2D eigenvalue weighted by molar-refractivity contribution is 6.21. The van der Waals surface area contributed by atoms with Crippen LogP contribution in [0.25, 0.3) is 38.5 Å². The summed E-state index contributed by atoms with van der Waals surface area (Å²) in [6.07, 6.45) is 6.13. The van der Waals surface area contributed by atoms with Gasteiger partial charge in [0, 0.05) is 21.9 Å². The summed E-state index contributed by atoms with van der Waals surface area (Å²) in [7, 11) is 0. The molecule has 0 saturated carbocycles. The zero-order valence-corrected chi connectivity index (χ0v) is 25.0. The molecule has 0 unspecified atom stereocenters. The molecule has 1 aliphatic rings. The molecule has 4 aromatic carbocycles. The first kappa shape index (κ1) is 26.8. The van der Waals surface area contributed by atoms with Crippen LogP contribution in [0.4, 0.5) is 5.69 Å². The van der Waals surface area contributed by atoms with Crippen LogP contribution in [-0.2, 0) is 5.41 Å². The van der Waals surface area contributed by atoms with Crippen LogP contribution in [0.5, 0.6) is 0 Å². The third-order valence-corrected chi connectivity index (χ3v) is 8.00.